The number of rotatable bonds is 9. The summed E-state index contributed by atoms with van der Waals surface area (Å²) in [5.74, 6) is -0.848. The number of ether oxygens (including phenoxy) is 2. The highest BCUT2D eigenvalue weighted by Crippen LogP contribution is 2.10. The molecule has 0 radical (unpaired) electrons. The van der Waals surface area contributed by atoms with Crippen LogP contribution in [0.3, 0.4) is 0 Å². The summed E-state index contributed by atoms with van der Waals surface area (Å²) in [7, 11) is 0. The Morgan fingerprint density at radius 3 is 2.11 bits per heavy atom. The fourth-order valence-electron chi connectivity index (χ4n) is 1.55. The van der Waals surface area contributed by atoms with Crippen LogP contribution in [0.15, 0.2) is 12.2 Å². The predicted molar refractivity (Wildman–Crippen MR) is 69.8 cm³/mol. The van der Waals surface area contributed by atoms with Crippen LogP contribution in [0.2, 0.25) is 0 Å². The molecule has 104 valence electrons. The minimum atomic E-state index is -0.730. The minimum absolute atomic E-state index is 0.424. The van der Waals surface area contributed by atoms with Crippen LogP contribution in [0.1, 0.15) is 59.3 Å². The first-order valence-electron chi connectivity index (χ1n) is 6.55. The Morgan fingerprint density at radius 1 is 1.00 bits per heavy atom. The Labute approximate surface area is 109 Å². The minimum Gasteiger partial charge on any atom is -0.425 e. The van der Waals surface area contributed by atoms with Crippen molar-refractivity contribution in [1.82, 2.24) is 0 Å². The van der Waals surface area contributed by atoms with Gasteiger partial charge in [0.1, 0.15) is 0 Å². The van der Waals surface area contributed by atoms with E-state index in [9.17, 15) is 9.59 Å². The average Bonchev–Trinajstić information content (AvgIpc) is 2.26. The second kappa shape index (κ2) is 10.8. The van der Waals surface area contributed by atoms with Crippen molar-refractivity contribution in [2.75, 3.05) is 0 Å². The quantitative estimate of drug-likeness (QED) is 0.275. The molecule has 0 spiro atoms. The normalized spacial score (nSPS) is 10.9. The van der Waals surface area contributed by atoms with Gasteiger partial charge in [-0.1, -0.05) is 25.5 Å². The summed E-state index contributed by atoms with van der Waals surface area (Å²) in [5, 5.41) is 0. The fraction of sp³-hybridized carbons (Fsp3) is 0.714. The highest BCUT2D eigenvalue weighted by atomic mass is 16.7. The predicted octanol–water partition coefficient (Wildman–Crippen LogP) is 3.36. The molecular formula is C14H24O4. The molecular weight excluding hydrogens is 232 g/mol. The summed E-state index contributed by atoms with van der Waals surface area (Å²) in [6.07, 6.45) is 9.32. The summed E-state index contributed by atoms with van der Waals surface area (Å²) in [6.45, 7) is 4.73. The van der Waals surface area contributed by atoms with E-state index in [1.807, 2.05) is 0 Å². The maximum atomic E-state index is 10.8. The molecule has 18 heavy (non-hydrogen) atoms. The zero-order valence-electron chi connectivity index (χ0n) is 11.6. The van der Waals surface area contributed by atoms with Gasteiger partial charge >= 0.3 is 11.9 Å². The lowest BCUT2D eigenvalue weighted by molar-refractivity contribution is -0.185. The van der Waals surface area contributed by atoms with Crippen LogP contribution < -0.4 is 0 Å². The number of hydrogen-bond donors (Lipinski definition) is 0. The van der Waals surface area contributed by atoms with Gasteiger partial charge in [0.15, 0.2) is 0 Å². The Bertz CT molecular complexity index is 255. The van der Waals surface area contributed by atoms with E-state index in [1.54, 1.807) is 0 Å². The van der Waals surface area contributed by atoms with Crippen LogP contribution in [0.25, 0.3) is 0 Å². The lowest BCUT2D eigenvalue weighted by Gasteiger charge is -2.16. The molecule has 0 unspecified atom stereocenters. The smallest absolute Gasteiger partial charge is 0.305 e. The van der Waals surface area contributed by atoms with Gasteiger partial charge in [0, 0.05) is 20.3 Å². The van der Waals surface area contributed by atoms with Crippen LogP contribution in [-0.2, 0) is 19.1 Å². The van der Waals surface area contributed by atoms with E-state index >= 15 is 0 Å². The summed E-state index contributed by atoms with van der Waals surface area (Å²) in [5.41, 5.74) is 0. The van der Waals surface area contributed by atoms with Crippen molar-refractivity contribution in [3.05, 3.63) is 12.2 Å². The molecule has 0 aromatic heterocycles. The maximum Gasteiger partial charge on any atom is 0.305 e. The van der Waals surface area contributed by atoms with E-state index < -0.39 is 18.2 Å². The molecule has 0 aliphatic heterocycles. The Balaban J connectivity index is 3.72. The lowest BCUT2D eigenvalue weighted by atomic mass is 10.1. The van der Waals surface area contributed by atoms with Gasteiger partial charge in [-0.25, -0.2) is 0 Å². The average molecular weight is 256 g/mol. The van der Waals surface area contributed by atoms with Gasteiger partial charge in [-0.2, -0.15) is 0 Å². The van der Waals surface area contributed by atoms with Crippen molar-refractivity contribution in [1.29, 1.82) is 0 Å². The summed E-state index contributed by atoms with van der Waals surface area (Å²) in [6, 6.07) is 0. The van der Waals surface area contributed by atoms with Crippen molar-refractivity contribution in [3.63, 3.8) is 0 Å². The third-order valence-electron chi connectivity index (χ3n) is 2.31. The first kappa shape index (κ1) is 16.7. The van der Waals surface area contributed by atoms with E-state index in [1.165, 1.54) is 13.8 Å². The molecule has 0 fully saturated rings. The molecule has 0 aromatic carbocycles. The Kier molecular flexibility index (Phi) is 10.0. The van der Waals surface area contributed by atoms with E-state index in [0.29, 0.717) is 6.42 Å². The van der Waals surface area contributed by atoms with Crippen molar-refractivity contribution in [2.45, 2.75) is 65.6 Å². The number of carbonyl (C=O) groups excluding carboxylic acids is 2. The molecule has 0 saturated carbocycles. The molecule has 0 atom stereocenters. The molecule has 0 aliphatic carbocycles. The van der Waals surface area contributed by atoms with Gasteiger partial charge in [-0.3, -0.25) is 9.59 Å². The summed E-state index contributed by atoms with van der Waals surface area (Å²) < 4.78 is 9.82. The molecule has 4 nitrogen and oxygen atoms in total. The van der Waals surface area contributed by atoms with Crippen LogP contribution in [0, 0.1) is 0 Å². The SMILES string of the molecule is CC/C=C\CCCCCC(OC(C)=O)OC(C)=O. The molecule has 0 heterocycles. The standard InChI is InChI=1S/C14H24O4/c1-4-5-6-7-8-9-10-11-14(17-12(2)15)18-13(3)16/h5-6,14H,4,7-11H2,1-3H3/b6-5-. The van der Waals surface area contributed by atoms with Crippen molar-refractivity contribution in [2.24, 2.45) is 0 Å². The first-order chi connectivity index (χ1) is 8.56. The van der Waals surface area contributed by atoms with Crippen LogP contribution >= 0.6 is 0 Å². The molecule has 0 amide bonds. The number of hydrogen-bond acceptors (Lipinski definition) is 4. The largest absolute Gasteiger partial charge is 0.425 e. The maximum absolute atomic E-state index is 10.8. The zero-order valence-corrected chi connectivity index (χ0v) is 11.6. The molecule has 0 bridgehead atoms. The van der Waals surface area contributed by atoms with Crippen molar-refractivity contribution in [3.8, 4) is 0 Å². The van der Waals surface area contributed by atoms with Crippen molar-refractivity contribution < 1.29 is 19.1 Å². The molecule has 0 N–H and O–H groups in total. The number of esters is 2. The van der Waals surface area contributed by atoms with Gasteiger partial charge in [0.05, 0.1) is 0 Å². The Morgan fingerprint density at radius 2 is 1.61 bits per heavy atom. The molecule has 0 aromatic rings. The van der Waals surface area contributed by atoms with Gasteiger partial charge in [0.25, 0.3) is 0 Å². The van der Waals surface area contributed by atoms with Gasteiger partial charge in [0.2, 0.25) is 6.29 Å². The second-order valence-electron chi connectivity index (χ2n) is 4.17. The van der Waals surface area contributed by atoms with Gasteiger partial charge in [-0.15, -0.1) is 0 Å². The topological polar surface area (TPSA) is 52.6 Å². The molecule has 0 aliphatic rings. The fourth-order valence-corrected chi connectivity index (χ4v) is 1.55. The van der Waals surface area contributed by atoms with Crippen molar-refractivity contribution >= 4 is 11.9 Å². The third-order valence-corrected chi connectivity index (χ3v) is 2.31. The molecule has 4 heteroatoms. The first-order valence-corrected chi connectivity index (χ1v) is 6.55. The highest BCUT2D eigenvalue weighted by Gasteiger charge is 2.14. The number of allylic oxidation sites excluding steroid dienone is 2. The molecule has 0 saturated heterocycles. The van der Waals surface area contributed by atoms with E-state index in [-0.39, 0.29) is 0 Å². The summed E-state index contributed by atoms with van der Waals surface area (Å²) in [4.78, 5) is 21.6. The second-order valence-corrected chi connectivity index (χ2v) is 4.17. The van der Waals surface area contributed by atoms with E-state index in [4.69, 9.17) is 9.47 Å². The highest BCUT2D eigenvalue weighted by molar-refractivity contribution is 5.68. The Hall–Kier alpha value is -1.32. The monoisotopic (exact) mass is 256 g/mol. The third kappa shape index (κ3) is 11.2. The number of unbranched alkanes of at least 4 members (excludes halogenated alkanes) is 3. The van der Waals surface area contributed by atoms with Gasteiger partial charge < -0.3 is 9.47 Å². The number of carbonyl (C=O) groups is 2. The van der Waals surface area contributed by atoms with E-state index in [0.717, 1.165) is 32.1 Å². The van der Waals surface area contributed by atoms with Crippen LogP contribution in [0.4, 0.5) is 0 Å². The van der Waals surface area contributed by atoms with Crippen LogP contribution in [0.5, 0.6) is 0 Å². The summed E-state index contributed by atoms with van der Waals surface area (Å²) >= 11 is 0. The molecule has 0 rings (SSSR count). The zero-order chi connectivity index (χ0) is 13.8. The van der Waals surface area contributed by atoms with Gasteiger partial charge in [-0.05, 0) is 25.7 Å². The van der Waals surface area contributed by atoms with E-state index in [2.05, 4.69) is 19.1 Å². The van der Waals surface area contributed by atoms with Crippen LogP contribution in [-0.4, -0.2) is 18.2 Å². The lowest BCUT2D eigenvalue weighted by Crippen LogP contribution is -2.22.